The second-order valence-electron chi connectivity index (χ2n) is 5.40. The van der Waals surface area contributed by atoms with Crippen molar-refractivity contribution in [2.45, 2.75) is 33.2 Å². The highest BCUT2D eigenvalue weighted by molar-refractivity contribution is 7.13. The molecule has 0 unspecified atom stereocenters. The number of carbonyl (C=O) groups is 1. The summed E-state index contributed by atoms with van der Waals surface area (Å²) in [6.45, 7) is 4.96. The fourth-order valence-electron chi connectivity index (χ4n) is 2.05. The summed E-state index contributed by atoms with van der Waals surface area (Å²) in [5.41, 5.74) is 8.73. The monoisotopic (exact) mass is 345 g/mol. The van der Waals surface area contributed by atoms with Gasteiger partial charge >= 0.3 is 0 Å². The van der Waals surface area contributed by atoms with Gasteiger partial charge in [-0.05, 0) is 18.1 Å². The van der Waals surface area contributed by atoms with Crippen LogP contribution in [0.5, 0.6) is 0 Å². The van der Waals surface area contributed by atoms with Crippen LogP contribution in [0, 0.1) is 0 Å². The van der Waals surface area contributed by atoms with Crippen LogP contribution in [0.25, 0.3) is 11.3 Å². The Morgan fingerprint density at radius 3 is 2.96 bits per heavy atom. The zero-order chi connectivity index (χ0) is 17.4. The van der Waals surface area contributed by atoms with E-state index in [0.717, 1.165) is 36.2 Å². The van der Waals surface area contributed by atoms with Crippen LogP contribution in [0.15, 0.2) is 34.6 Å². The van der Waals surface area contributed by atoms with E-state index in [-0.39, 0.29) is 5.91 Å². The van der Waals surface area contributed by atoms with Crippen LogP contribution in [-0.4, -0.2) is 23.4 Å². The summed E-state index contributed by atoms with van der Waals surface area (Å²) in [4.78, 5) is 19.8. The number of hydrogen-bond donors (Lipinski definition) is 3. The Balaban J connectivity index is 2.06. The van der Waals surface area contributed by atoms with Crippen molar-refractivity contribution in [2.75, 3.05) is 6.54 Å². The van der Waals surface area contributed by atoms with Crippen LogP contribution >= 0.6 is 11.3 Å². The molecule has 0 aliphatic carbocycles. The Morgan fingerprint density at radius 1 is 1.38 bits per heavy atom. The number of nitrogens with zero attached hydrogens (tertiary/aromatic N) is 2. The molecule has 0 saturated carbocycles. The van der Waals surface area contributed by atoms with Gasteiger partial charge in [-0.25, -0.2) is 4.98 Å². The van der Waals surface area contributed by atoms with E-state index in [1.54, 1.807) is 0 Å². The number of hydrogen-bond acceptors (Lipinski definition) is 4. The van der Waals surface area contributed by atoms with Gasteiger partial charge in [0.05, 0.1) is 5.69 Å². The van der Waals surface area contributed by atoms with Crippen molar-refractivity contribution < 1.29 is 4.79 Å². The molecule has 0 spiro atoms. The van der Waals surface area contributed by atoms with Crippen LogP contribution in [0.2, 0.25) is 0 Å². The summed E-state index contributed by atoms with van der Waals surface area (Å²) in [5.74, 6) is 0.348. The highest BCUT2D eigenvalue weighted by atomic mass is 32.1. The van der Waals surface area contributed by atoms with Crippen molar-refractivity contribution >= 4 is 28.3 Å². The van der Waals surface area contributed by atoms with Crippen molar-refractivity contribution in [3.8, 4) is 11.3 Å². The molecular weight excluding hydrogens is 322 g/mol. The van der Waals surface area contributed by atoms with E-state index in [2.05, 4.69) is 27.5 Å². The molecular formula is C17H23N5OS. The van der Waals surface area contributed by atoms with E-state index >= 15 is 0 Å². The Labute approximate surface area is 146 Å². The molecule has 0 saturated heterocycles. The molecule has 6 nitrogen and oxygen atoms in total. The van der Waals surface area contributed by atoms with Crippen LogP contribution in [0.1, 0.15) is 32.3 Å². The highest BCUT2D eigenvalue weighted by Gasteiger charge is 2.06. The molecule has 1 aromatic heterocycles. The molecule has 7 heteroatoms. The predicted octanol–water partition coefficient (Wildman–Crippen LogP) is 2.78. The Hall–Kier alpha value is -2.41. The fourth-order valence-corrected chi connectivity index (χ4v) is 2.76. The lowest BCUT2D eigenvalue weighted by atomic mass is 10.1. The second-order valence-corrected chi connectivity index (χ2v) is 6.24. The molecule has 4 N–H and O–H groups in total. The molecule has 0 bridgehead atoms. The number of thiazole rings is 1. The number of nitrogens with one attached hydrogen (secondary N) is 2. The maximum atomic E-state index is 11.0. The summed E-state index contributed by atoms with van der Waals surface area (Å²) in [6, 6.07) is 7.93. The number of nitrogens with two attached hydrogens (primary N) is 1. The lowest BCUT2D eigenvalue weighted by Gasteiger charge is -2.04. The highest BCUT2D eigenvalue weighted by Crippen LogP contribution is 2.27. The largest absolute Gasteiger partial charge is 0.370 e. The van der Waals surface area contributed by atoms with Gasteiger partial charge in [0.2, 0.25) is 11.0 Å². The molecule has 0 aliphatic heterocycles. The number of guanidine groups is 1. The Kier molecular flexibility index (Phi) is 6.74. The van der Waals surface area contributed by atoms with Crippen LogP contribution in [-0.2, 0) is 11.3 Å². The van der Waals surface area contributed by atoms with Crippen molar-refractivity contribution in [3.05, 3.63) is 35.2 Å². The molecule has 0 atom stereocenters. The van der Waals surface area contributed by atoms with E-state index in [9.17, 15) is 4.79 Å². The summed E-state index contributed by atoms with van der Waals surface area (Å²) in [7, 11) is 0. The van der Waals surface area contributed by atoms with Gasteiger partial charge in [-0.1, -0.05) is 31.5 Å². The molecule has 0 radical (unpaired) electrons. The average molecular weight is 345 g/mol. The average Bonchev–Trinajstić information content (AvgIpc) is 3.02. The molecule has 1 amide bonds. The first-order chi connectivity index (χ1) is 11.6. The lowest BCUT2D eigenvalue weighted by molar-refractivity contribution is -0.119. The van der Waals surface area contributed by atoms with Gasteiger partial charge in [-0.3, -0.25) is 4.79 Å². The number of benzene rings is 1. The van der Waals surface area contributed by atoms with Gasteiger partial charge < -0.3 is 16.4 Å². The summed E-state index contributed by atoms with van der Waals surface area (Å²) < 4.78 is 0. The van der Waals surface area contributed by atoms with Crippen LogP contribution < -0.4 is 16.4 Å². The van der Waals surface area contributed by atoms with Gasteiger partial charge in [-0.15, -0.1) is 11.3 Å². The van der Waals surface area contributed by atoms with Crippen molar-refractivity contribution in [1.82, 2.24) is 15.6 Å². The quantitative estimate of drug-likeness (QED) is 0.409. The predicted molar refractivity (Wildman–Crippen MR) is 99.3 cm³/mol. The minimum Gasteiger partial charge on any atom is -0.370 e. The first-order valence-corrected chi connectivity index (χ1v) is 8.83. The topological polar surface area (TPSA) is 92.4 Å². The van der Waals surface area contributed by atoms with Crippen molar-refractivity contribution in [1.29, 1.82) is 0 Å². The van der Waals surface area contributed by atoms with Crippen molar-refractivity contribution in [3.63, 3.8) is 0 Å². The molecule has 24 heavy (non-hydrogen) atoms. The van der Waals surface area contributed by atoms with E-state index in [1.807, 2.05) is 29.6 Å². The molecule has 0 aliphatic rings. The number of unbranched alkanes of at least 4 members (excludes halogenated alkanes) is 1. The first kappa shape index (κ1) is 17.9. The molecule has 2 rings (SSSR count). The molecule has 1 aromatic carbocycles. The van der Waals surface area contributed by atoms with Gasteiger partial charge in [-0.2, -0.15) is 4.99 Å². The lowest BCUT2D eigenvalue weighted by Crippen LogP contribution is -2.31. The van der Waals surface area contributed by atoms with Crippen LogP contribution in [0.3, 0.4) is 0 Å². The number of carbonyl (C=O) groups excluding carboxylic acids is 1. The second kappa shape index (κ2) is 9.02. The maximum Gasteiger partial charge on any atom is 0.217 e. The van der Waals surface area contributed by atoms with E-state index < -0.39 is 0 Å². The smallest absolute Gasteiger partial charge is 0.217 e. The van der Waals surface area contributed by atoms with Gasteiger partial charge in [0.25, 0.3) is 0 Å². The molecule has 0 fully saturated rings. The minimum atomic E-state index is -0.0447. The Bertz CT molecular complexity index is 711. The van der Waals surface area contributed by atoms with E-state index in [0.29, 0.717) is 17.6 Å². The van der Waals surface area contributed by atoms with Gasteiger partial charge in [0.15, 0.2) is 5.96 Å². The maximum absolute atomic E-state index is 11.0. The zero-order valence-corrected chi connectivity index (χ0v) is 14.8. The molecule has 2 aromatic rings. The first-order valence-electron chi connectivity index (χ1n) is 7.95. The third-order valence-electron chi connectivity index (χ3n) is 3.31. The summed E-state index contributed by atoms with van der Waals surface area (Å²) in [5, 5.41) is 8.44. The van der Waals surface area contributed by atoms with Gasteiger partial charge in [0.1, 0.15) is 0 Å². The Morgan fingerprint density at radius 2 is 2.21 bits per heavy atom. The van der Waals surface area contributed by atoms with E-state index in [1.165, 1.54) is 18.3 Å². The number of aromatic nitrogens is 1. The number of aliphatic imine (C=N–C) groups is 1. The minimum absolute atomic E-state index is 0.0447. The summed E-state index contributed by atoms with van der Waals surface area (Å²) >= 11 is 1.45. The number of amides is 1. The van der Waals surface area contributed by atoms with Crippen molar-refractivity contribution in [2.24, 2.45) is 10.7 Å². The normalized spacial score (nSPS) is 11.3. The molecule has 128 valence electrons. The van der Waals surface area contributed by atoms with Crippen LogP contribution in [0.4, 0.5) is 5.13 Å². The number of rotatable bonds is 7. The SMILES string of the molecule is CCCCNC(N)=Nc1nc(-c2cccc(CNC(C)=O)c2)cs1. The van der Waals surface area contributed by atoms with E-state index in [4.69, 9.17) is 5.73 Å². The molecule has 1 heterocycles. The standard InChI is InChI=1S/C17H23N5OS/c1-3-4-8-19-16(18)22-17-21-15(11-24-17)14-7-5-6-13(9-14)10-20-12(2)23/h5-7,9,11H,3-4,8,10H2,1-2H3,(H,20,23)(H3,18,19,21,22). The fraction of sp³-hybridized carbons (Fsp3) is 0.353. The third kappa shape index (κ3) is 5.66. The van der Waals surface area contributed by atoms with Gasteiger partial charge in [0, 0.05) is 31.0 Å². The third-order valence-corrected chi connectivity index (χ3v) is 4.04. The zero-order valence-electron chi connectivity index (χ0n) is 14.0. The summed E-state index contributed by atoms with van der Waals surface area (Å²) in [6.07, 6.45) is 2.16.